The van der Waals surface area contributed by atoms with Crippen LogP contribution in [0.1, 0.15) is 13.8 Å². The minimum Gasteiger partial charge on any atom is -0.276 e. The standard InChI is InChI=1S/C5H12N2OS/c1-3-6(4-2)7(9)5-8/h5,9H,3-4H2,1-2H3. The molecule has 3 nitrogen and oxygen atoms in total. The maximum atomic E-state index is 10.1. The first-order chi connectivity index (χ1) is 4.26. The van der Waals surface area contributed by atoms with Crippen LogP contribution in [0.25, 0.3) is 0 Å². The third-order valence-corrected chi connectivity index (χ3v) is 1.46. The molecule has 0 spiro atoms. The van der Waals surface area contributed by atoms with Crippen molar-refractivity contribution < 1.29 is 4.79 Å². The lowest BCUT2D eigenvalue weighted by atomic mass is 10.6. The lowest BCUT2D eigenvalue weighted by molar-refractivity contribution is -0.122. The molecule has 0 rings (SSSR count). The van der Waals surface area contributed by atoms with Crippen molar-refractivity contribution in [2.24, 2.45) is 0 Å². The summed E-state index contributed by atoms with van der Waals surface area (Å²) in [4.78, 5) is 10.1. The summed E-state index contributed by atoms with van der Waals surface area (Å²) in [7, 11) is 0. The fourth-order valence-corrected chi connectivity index (χ4v) is 0.833. The second kappa shape index (κ2) is 4.64. The fourth-order valence-electron chi connectivity index (χ4n) is 0.580. The molecule has 0 heterocycles. The molecule has 0 aromatic rings. The second-order valence-corrected chi connectivity index (χ2v) is 1.97. The number of nitrogens with zero attached hydrogens (tertiary/aromatic N) is 2. The number of carbonyl (C=O) groups is 1. The summed E-state index contributed by atoms with van der Waals surface area (Å²) >= 11 is 3.88. The minimum absolute atomic E-state index is 0.677. The Bertz CT molecular complexity index is 85.0. The SMILES string of the molecule is CCN(CC)N(S)C=O. The van der Waals surface area contributed by atoms with Crippen LogP contribution in [0, 0.1) is 0 Å². The summed E-state index contributed by atoms with van der Waals surface area (Å²) in [5.41, 5.74) is 0. The Balaban J connectivity index is 3.63. The van der Waals surface area contributed by atoms with E-state index in [-0.39, 0.29) is 0 Å². The molecule has 0 unspecified atom stereocenters. The van der Waals surface area contributed by atoms with Gasteiger partial charge in [-0.15, -0.1) is 0 Å². The van der Waals surface area contributed by atoms with E-state index in [0.29, 0.717) is 6.41 Å². The van der Waals surface area contributed by atoms with Crippen LogP contribution in [-0.2, 0) is 4.79 Å². The Morgan fingerprint density at radius 1 is 1.44 bits per heavy atom. The lowest BCUT2D eigenvalue weighted by Crippen LogP contribution is -2.34. The quantitative estimate of drug-likeness (QED) is 0.357. The largest absolute Gasteiger partial charge is 0.276 e. The Kier molecular flexibility index (Phi) is 4.53. The number of hydrazine groups is 1. The number of carbonyl (C=O) groups excluding carboxylic acids is 1. The van der Waals surface area contributed by atoms with Crippen molar-refractivity contribution in [2.75, 3.05) is 13.1 Å². The van der Waals surface area contributed by atoms with E-state index in [1.54, 1.807) is 5.01 Å². The van der Waals surface area contributed by atoms with Gasteiger partial charge in [0.05, 0.1) is 0 Å². The molecule has 0 aromatic carbocycles. The molecule has 0 saturated carbocycles. The van der Waals surface area contributed by atoms with Gasteiger partial charge in [-0.3, -0.25) is 4.79 Å². The van der Waals surface area contributed by atoms with Gasteiger partial charge in [-0.1, -0.05) is 13.8 Å². The van der Waals surface area contributed by atoms with Crippen molar-refractivity contribution in [3.8, 4) is 0 Å². The van der Waals surface area contributed by atoms with Crippen LogP contribution in [0.2, 0.25) is 0 Å². The van der Waals surface area contributed by atoms with E-state index >= 15 is 0 Å². The topological polar surface area (TPSA) is 23.6 Å². The normalized spacial score (nSPS) is 9.78. The minimum atomic E-state index is 0.677. The average Bonchev–Trinajstić information content (AvgIpc) is 1.90. The zero-order valence-electron chi connectivity index (χ0n) is 5.74. The van der Waals surface area contributed by atoms with Gasteiger partial charge in [0, 0.05) is 13.1 Å². The first kappa shape index (κ1) is 8.78. The van der Waals surface area contributed by atoms with Gasteiger partial charge in [0.2, 0.25) is 6.41 Å². The molecule has 0 N–H and O–H groups in total. The van der Waals surface area contributed by atoms with Crippen LogP contribution in [0.4, 0.5) is 0 Å². The molecule has 0 aliphatic heterocycles. The maximum Gasteiger partial charge on any atom is 0.234 e. The van der Waals surface area contributed by atoms with Crippen molar-refractivity contribution in [3.05, 3.63) is 0 Å². The van der Waals surface area contributed by atoms with Crippen LogP contribution < -0.4 is 0 Å². The van der Waals surface area contributed by atoms with Crippen molar-refractivity contribution in [2.45, 2.75) is 13.8 Å². The average molecular weight is 148 g/mol. The molecule has 0 aliphatic carbocycles. The van der Waals surface area contributed by atoms with Gasteiger partial charge in [-0.25, -0.2) is 9.42 Å². The Morgan fingerprint density at radius 2 is 1.89 bits per heavy atom. The van der Waals surface area contributed by atoms with E-state index in [4.69, 9.17) is 0 Å². The summed E-state index contributed by atoms with van der Waals surface area (Å²) in [5.74, 6) is 0. The predicted molar refractivity (Wildman–Crippen MR) is 39.8 cm³/mol. The van der Waals surface area contributed by atoms with Gasteiger partial charge in [-0.05, 0) is 12.8 Å². The van der Waals surface area contributed by atoms with Crippen molar-refractivity contribution in [3.63, 3.8) is 0 Å². The van der Waals surface area contributed by atoms with Gasteiger partial charge in [0.15, 0.2) is 0 Å². The van der Waals surface area contributed by atoms with Crippen LogP contribution >= 0.6 is 12.8 Å². The highest BCUT2D eigenvalue weighted by Crippen LogP contribution is 1.95. The van der Waals surface area contributed by atoms with E-state index in [1.807, 2.05) is 13.8 Å². The van der Waals surface area contributed by atoms with E-state index in [1.165, 1.54) is 4.41 Å². The van der Waals surface area contributed by atoms with E-state index < -0.39 is 0 Å². The van der Waals surface area contributed by atoms with E-state index in [0.717, 1.165) is 13.1 Å². The number of amides is 1. The van der Waals surface area contributed by atoms with Gasteiger partial charge >= 0.3 is 0 Å². The molecular formula is C5H12N2OS. The predicted octanol–water partition coefficient (Wildman–Crippen LogP) is 0.546. The van der Waals surface area contributed by atoms with Crippen LogP contribution in [-0.4, -0.2) is 28.9 Å². The van der Waals surface area contributed by atoms with Gasteiger partial charge in [0.25, 0.3) is 0 Å². The molecule has 0 aromatic heterocycles. The fraction of sp³-hybridized carbons (Fsp3) is 0.800. The Labute approximate surface area is 61.1 Å². The summed E-state index contributed by atoms with van der Waals surface area (Å²) in [6.07, 6.45) is 0.677. The molecule has 1 amide bonds. The smallest absolute Gasteiger partial charge is 0.234 e. The van der Waals surface area contributed by atoms with Crippen LogP contribution in [0.15, 0.2) is 0 Å². The number of hydrogen-bond donors (Lipinski definition) is 1. The number of hydrogen-bond acceptors (Lipinski definition) is 3. The Morgan fingerprint density at radius 3 is 2.00 bits per heavy atom. The molecule has 54 valence electrons. The second-order valence-electron chi connectivity index (χ2n) is 1.56. The van der Waals surface area contributed by atoms with Crippen molar-refractivity contribution in [1.29, 1.82) is 0 Å². The molecule has 0 aliphatic rings. The molecule has 0 fully saturated rings. The summed E-state index contributed by atoms with van der Waals surface area (Å²) < 4.78 is 1.25. The number of thiol groups is 1. The molecule has 4 heteroatoms. The third kappa shape index (κ3) is 2.72. The molecule has 0 radical (unpaired) electrons. The van der Waals surface area contributed by atoms with Crippen LogP contribution in [0.5, 0.6) is 0 Å². The molecule has 0 saturated heterocycles. The summed E-state index contributed by atoms with van der Waals surface area (Å²) in [6.45, 7) is 5.55. The zero-order chi connectivity index (χ0) is 7.28. The molecule has 0 bridgehead atoms. The first-order valence-corrected chi connectivity index (χ1v) is 3.34. The number of rotatable bonds is 4. The Hall–Kier alpha value is -0.220. The molecular weight excluding hydrogens is 136 g/mol. The summed E-state index contributed by atoms with van der Waals surface area (Å²) in [6, 6.07) is 0. The summed E-state index contributed by atoms with van der Waals surface area (Å²) in [5, 5.41) is 1.80. The van der Waals surface area contributed by atoms with Gasteiger partial charge in [-0.2, -0.15) is 0 Å². The zero-order valence-corrected chi connectivity index (χ0v) is 6.64. The third-order valence-electron chi connectivity index (χ3n) is 1.11. The van der Waals surface area contributed by atoms with Crippen molar-refractivity contribution in [1.82, 2.24) is 9.42 Å². The highest BCUT2D eigenvalue weighted by atomic mass is 32.1. The van der Waals surface area contributed by atoms with Crippen molar-refractivity contribution >= 4 is 19.2 Å². The van der Waals surface area contributed by atoms with Crippen LogP contribution in [0.3, 0.4) is 0 Å². The van der Waals surface area contributed by atoms with Gasteiger partial charge < -0.3 is 0 Å². The van der Waals surface area contributed by atoms with E-state index in [9.17, 15) is 4.79 Å². The van der Waals surface area contributed by atoms with E-state index in [2.05, 4.69) is 12.8 Å². The maximum absolute atomic E-state index is 10.1. The highest BCUT2D eigenvalue weighted by molar-refractivity contribution is 7.78. The molecule has 9 heavy (non-hydrogen) atoms. The molecule has 0 atom stereocenters. The lowest BCUT2D eigenvalue weighted by Gasteiger charge is -2.23. The highest BCUT2D eigenvalue weighted by Gasteiger charge is 2.02. The van der Waals surface area contributed by atoms with Gasteiger partial charge in [0.1, 0.15) is 0 Å². The first-order valence-electron chi connectivity index (χ1n) is 2.94. The monoisotopic (exact) mass is 148 g/mol.